The summed E-state index contributed by atoms with van der Waals surface area (Å²) in [5.41, 5.74) is 1.09. The zero-order chi connectivity index (χ0) is 9.97. The number of piperidine rings is 1. The summed E-state index contributed by atoms with van der Waals surface area (Å²) >= 11 is 0. The van der Waals surface area contributed by atoms with Crippen molar-refractivity contribution in [3.05, 3.63) is 35.9 Å². The quantitative estimate of drug-likeness (QED) is 0.732. The van der Waals surface area contributed by atoms with Gasteiger partial charge in [-0.2, -0.15) is 0 Å². The number of carbonyl (C=O) groups excluding carboxylic acids is 1. The van der Waals surface area contributed by atoms with Crippen LogP contribution in [0.5, 0.6) is 0 Å². The minimum absolute atomic E-state index is 0.0834. The first kappa shape index (κ1) is 9.41. The molecule has 0 amide bonds. The van der Waals surface area contributed by atoms with Gasteiger partial charge in [0.15, 0.2) is 5.78 Å². The van der Waals surface area contributed by atoms with Crippen LogP contribution in [0.2, 0.25) is 0 Å². The Bertz CT molecular complexity index is 320. The van der Waals surface area contributed by atoms with E-state index in [1.807, 2.05) is 30.3 Å². The van der Waals surface area contributed by atoms with E-state index in [0.717, 1.165) is 12.0 Å². The molecule has 1 aliphatic heterocycles. The second-order valence-corrected chi connectivity index (χ2v) is 3.92. The Balaban J connectivity index is 2.20. The largest absolute Gasteiger partial charge is 0.301 e. The van der Waals surface area contributed by atoms with E-state index < -0.39 is 0 Å². The molecular formula is C12H15NO. The van der Waals surface area contributed by atoms with Gasteiger partial charge in [0.1, 0.15) is 0 Å². The van der Waals surface area contributed by atoms with Crippen LogP contribution in [0, 0.1) is 0 Å². The highest BCUT2D eigenvalue weighted by Crippen LogP contribution is 2.21. The molecule has 1 heterocycles. The van der Waals surface area contributed by atoms with E-state index in [-0.39, 0.29) is 6.04 Å². The molecule has 2 nitrogen and oxygen atoms in total. The topological polar surface area (TPSA) is 29.1 Å². The highest BCUT2D eigenvalue weighted by atomic mass is 16.1. The van der Waals surface area contributed by atoms with E-state index in [9.17, 15) is 4.79 Å². The Labute approximate surface area is 84.3 Å². The molecule has 0 bridgehead atoms. The maximum Gasteiger partial charge on any atom is 0.154 e. The predicted molar refractivity (Wildman–Crippen MR) is 56.0 cm³/mol. The number of Topliss-reactive ketones (excluding diaryl/α,β-unsaturated/α-hetero) is 1. The van der Waals surface area contributed by atoms with Crippen LogP contribution in [-0.2, 0) is 4.79 Å². The fourth-order valence-electron chi connectivity index (χ4n) is 1.89. The summed E-state index contributed by atoms with van der Waals surface area (Å²) in [4.78, 5) is 11.7. The molecule has 1 aliphatic rings. The summed E-state index contributed by atoms with van der Waals surface area (Å²) in [5.74, 6) is 0.314. The molecule has 2 unspecified atom stereocenters. The number of carbonyl (C=O) groups is 1. The molecule has 14 heavy (non-hydrogen) atoms. The number of hydrogen-bond donors (Lipinski definition) is 1. The predicted octanol–water partition coefficient (Wildman–Crippen LogP) is 2.07. The zero-order valence-electron chi connectivity index (χ0n) is 8.36. The molecule has 1 N–H and O–H groups in total. The molecule has 1 fully saturated rings. The van der Waals surface area contributed by atoms with E-state index in [1.165, 1.54) is 0 Å². The molecular weight excluding hydrogens is 174 g/mol. The fourth-order valence-corrected chi connectivity index (χ4v) is 1.89. The van der Waals surface area contributed by atoms with E-state index >= 15 is 0 Å². The van der Waals surface area contributed by atoms with Crippen molar-refractivity contribution in [1.82, 2.24) is 5.32 Å². The summed E-state index contributed by atoms with van der Waals surface area (Å²) in [6, 6.07) is 10.3. The fraction of sp³-hybridized carbons (Fsp3) is 0.417. The van der Waals surface area contributed by atoms with E-state index in [2.05, 4.69) is 12.2 Å². The first-order chi connectivity index (χ1) is 6.77. The molecule has 0 aromatic heterocycles. The van der Waals surface area contributed by atoms with Crippen LogP contribution in [0.4, 0.5) is 0 Å². The highest BCUT2D eigenvalue weighted by molar-refractivity contribution is 5.86. The van der Waals surface area contributed by atoms with Crippen LogP contribution in [0.25, 0.3) is 0 Å². The van der Waals surface area contributed by atoms with Gasteiger partial charge in [-0.15, -0.1) is 0 Å². The third-order valence-corrected chi connectivity index (χ3v) is 2.73. The second kappa shape index (κ2) is 3.93. The molecule has 0 aliphatic carbocycles. The highest BCUT2D eigenvalue weighted by Gasteiger charge is 2.26. The molecule has 2 atom stereocenters. The molecule has 2 heteroatoms. The Morgan fingerprint density at radius 1 is 1.29 bits per heavy atom. The van der Waals surface area contributed by atoms with Crippen molar-refractivity contribution in [2.75, 3.05) is 0 Å². The van der Waals surface area contributed by atoms with Crippen molar-refractivity contribution in [2.24, 2.45) is 0 Å². The van der Waals surface area contributed by atoms with Crippen LogP contribution in [0.3, 0.4) is 0 Å². The third kappa shape index (κ3) is 1.85. The maximum absolute atomic E-state index is 11.7. The van der Waals surface area contributed by atoms with E-state index in [1.54, 1.807) is 0 Å². The van der Waals surface area contributed by atoms with Crippen molar-refractivity contribution >= 4 is 5.78 Å². The lowest BCUT2D eigenvalue weighted by atomic mass is 9.93. The van der Waals surface area contributed by atoms with Gasteiger partial charge in [0.25, 0.3) is 0 Å². The van der Waals surface area contributed by atoms with Gasteiger partial charge in [-0.1, -0.05) is 30.3 Å². The lowest BCUT2D eigenvalue weighted by Crippen LogP contribution is -2.40. The summed E-state index contributed by atoms with van der Waals surface area (Å²) in [6.45, 7) is 2.13. The minimum atomic E-state index is -0.0834. The monoisotopic (exact) mass is 189 g/mol. The van der Waals surface area contributed by atoms with Gasteiger partial charge in [0, 0.05) is 12.5 Å². The van der Waals surface area contributed by atoms with Gasteiger partial charge < -0.3 is 5.32 Å². The summed E-state index contributed by atoms with van der Waals surface area (Å²) in [6.07, 6.45) is 1.66. The zero-order valence-corrected chi connectivity index (χ0v) is 8.36. The van der Waals surface area contributed by atoms with Crippen LogP contribution < -0.4 is 5.32 Å². The van der Waals surface area contributed by atoms with Crippen molar-refractivity contribution in [1.29, 1.82) is 0 Å². The standard InChI is InChI=1S/C12H15NO/c1-9-7-8-11(14)12(13-9)10-5-3-2-4-6-10/h2-6,9,12-13H,7-8H2,1H3. The Hall–Kier alpha value is -1.15. The molecule has 0 radical (unpaired) electrons. The Morgan fingerprint density at radius 3 is 2.71 bits per heavy atom. The van der Waals surface area contributed by atoms with Gasteiger partial charge in [-0.25, -0.2) is 0 Å². The summed E-state index contributed by atoms with van der Waals surface area (Å²) in [5, 5.41) is 3.33. The molecule has 2 rings (SSSR count). The molecule has 74 valence electrons. The number of benzene rings is 1. The third-order valence-electron chi connectivity index (χ3n) is 2.73. The van der Waals surface area contributed by atoms with Crippen molar-refractivity contribution in [3.63, 3.8) is 0 Å². The Kier molecular flexibility index (Phi) is 2.64. The smallest absolute Gasteiger partial charge is 0.154 e. The molecule has 1 aromatic carbocycles. The van der Waals surface area contributed by atoms with Crippen LogP contribution in [0.1, 0.15) is 31.4 Å². The minimum Gasteiger partial charge on any atom is -0.301 e. The van der Waals surface area contributed by atoms with Crippen LogP contribution in [-0.4, -0.2) is 11.8 Å². The van der Waals surface area contributed by atoms with Gasteiger partial charge in [0.2, 0.25) is 0 Å². The first-order valence-corrected chi connectivity index (χ1v) is 5.11. The van der Waals surface area contributed by atoms with Gasteiger partial charge >= 0.3 is 0 Å². The molecule has 1 aromatic rings. The second-order valence-electron chi connectivity index (χ2n) is 3.92. The van der Waals surface area contributed by atoms with E-state index in [4.69, 9.17) is 0 Å². The van der Waals surface area contributed by atoms with Crippen LogP contribution in [0.15, 0.2) is 30.3 Å². The molecule has 0 saturated carbocycles. The van der Waals surface area contributed by atoms with Crippen LogP contribution >= 0.6 is 0 Å². The molecule has 0 spiro atoms. The lowest BCUT2D eigenvalue weighted by molar-refractivity contribution is -0.123. The maximum atomic E-state index is 11.7. The lowest BCUT2D eigenvalue weighted by Gasteiger charge is -2.27. The van der Waals surface area contributed by atoms with Crippen molar-refractivity contribution < 1.29 is 4.79 Å². The number of ketones is 1. The van der Waals surface area contributed by atoms with E-state index in [0.29, 0.717) is 18.2 Å². The average Bonchev–Trinajstić information content (AvgIpc) is 2.23. The van der Waals surface area contributed by atoms with Crippen molar-refractivity contribution in [3.8, 4) is 0 Å². The number of nitrogens with one attached hydrogen (secondary N) is 1. The van der Waals surface area contributed by atoms with Crippen molar-refractivity contribution in [2.45, 2.75) is 31.8 Å². The first-order valence-electron chi connectivity index (χ1n) is 5.11. The summed E-state index contributed by atoms with van der Waals surface area (Å²) in [7, 11) is 0. The van der Waals surface area contributed by atoms with Gasteiger partial charge in [-0.3, -0.25) is 4.79 Å². The normalized spacial score (nSPS) is 27.6. The number of hydrogen-bond acceptors (Lipinski definition) is 2. The Morgan fingerprint density at radius 2 is 2.00 bits per heavy atom. The molecule has 1 saturated heterocycles. The average molecular weight is 189 g/mol. The van der Waals surface area contributed by atoms with Gasteiger partial charge in [-0.05, 0) is 18.9 Å². The SMILES string of the molecule is CC1CCC(=O)C(c2ccccc2)N1. The number of rotatable bonds is 1. The summed E-state index contributed by atoms with van der Waals surface area (Å²) < 4.78 is 0. The van der Waals surface area contributed by atoms with Gasteiger partial charge in [0.05, 0.1) is 6.04 Å².